The third-order valence-electron chi connectivity index (χ3n) is 5.31. The second-order valence-electron chi connectivity index (χ2n) is 9.61. The normalized spacial score (nSPS) is 15.6. The number of rotatable bonds is 2. The van der Waals surface area contributed by atoms with Crippen molar-refractivity contribution in [1.82, 2.24) is 0 Å². The summed E-state index contributed by atoms with van der Waals surface area (Å²) in [6.45, 7) is 12.6. The number of fused-ring (bicyclic) bond motifs is 1. The van der Waals surface area contributed by atoms with Crippen molar-refractivity contribution in [2.24, 2.45) is 4.99 Å². The van der Waals surface area contributed by atoms with Gasteiger partial charge in [-0.2, -0.15) is 0 Å². The van der Waals surface area contributed by atoms with E-state index < -0.39 is 12.1 Å². The molecule has 0 N–H and O–H groups in total. The minimum atomic E-state index is -0.790. The molecule has 0 aromatic heterocycles. The van der Waals surface area contributed by atoms with E-state index in [1.54, 1.807) is 6.21 Å². The Morgan fingerprint density at radius 2 is 1.37 bits per heavy atom. The molecule has 35 heavy (non-hydrogen) atoms. The van der Waals surface area contributed by atoms with Crippen molar-refractivity contribution in [2.45, 2.75) is 70.9 Å². The zero-order valence-electron chi connectivity index (χ0n) is 20.3. The van der Waals surface area contributed by atoms with Gasteiger partial charge in [-0.05, 0) is 45.1 Å². The second kappa shape index (κ2) is 17.3. The molecular weight excluding hydrogens is 622 g/mol. The molecule has 3 nitrogen and oxygen atoms in total. The molecule has 1 radical (unpaired) electrons. The minimum absolute atomic E-state index is 0. The van der Waals surface area contributed by atoms with Crippen LogP contribution in [0, 0.1) is 0 Å². The first-order valence-corrected chi connectivity index (χ1v) is 9.61. The van der Waals surface area contributed by atoms with Gasteiger partial charge in [0, 0.05) is 6.21 Å². The first-order chi connectivity index (χ1) is 12.5. The fourth-order valence-electron chi connectivity index (χ4n) is 3.61. The van der Waals surface area contributed by atoms with Gasteiger partial charge in [0.1, 0.15) is 0 Å². The third-order valence-corrected chi connectivity index (χ3v) is 5.31. The number of benzene rings is 2. The summed E-state index contributed by atoms with van der Waals surface area (Å²) in [4.78, 5) is 4.59. The van der Waals surface area contributed by atoms with Crippen LogP contribution in [0.1, 0.15) is 75.4 Å². The van der Waals surface area contributed by atoms with Crippen LogP contribution in [0.25, 0.3) is 0 Å². The van der Waals surface area contributed by atoms with E-state index in [-0.39, 0.29) is 86.6 Å². The van der Waals surface area contributed by atoms with Gasteiger partial charge >= 0.3 is 41.8 Å². The van der Waals surface area contributed by atoms with Crippen molar-refractivity contribution in [1.29, 1.82) is 0 Å². The first-order valence-electron chi connectivity index (χ1n) is 9.61. The molecule has 0 heterocycles. The van der Waals surface area contributed by atoms with Crippen molar-refractivity contribution in [2.75, 3.05) is 0 Å². The zero-order chi connectivity index (χ0) is 20.0. The summed E-state index contributed by atoms with van der Waals surface area (Å²) >= 11 is 0. The van der Waals surface area contributed by atoms with Gasteiger partial charge in [-0.25, -0.2) is 0 Å². The van der Waals surface area contributed by atoms with Gasteiger partial charge in [0.25, 0.3) is 0 Å². The molecule has 0 amide bonds. The van der Waals surface area contributed by atoms with Crippen LogP contribution in [0.4, 0.5) is 0 Å². The molecule has 2 aromatic carbocycles. The van der Waals surface area contributed by atoms with Crippen LogP contribution in [-0.2, 0) is 34.6 Å². The summed E-state index contributed by atoms with van der Waals surface area (Å²) in [5.41, 5.74) is 4.22. The molecule has 0 saturated carbocycles. The van der Waals surface area contributed by atoms with Crippen molar-refractivity contribution in [3.8, 4) is 5.75 Å². The van der Waals surface area contributed by atoms with Crippen LogP contribution in [0.15, 0.2) is 41.4 Å². The number of halogens is 6. The number of hydrogen-bond donors (Lipinski definition) is 0. The molecule has 195 valence electrons. The van der Waals surface area contributed by atoms with Crippen LogP contribution in [0.5, 0.6) is 5.75 Å². The predicted molar refractivity (Wildman–Crippen MR) is 113 cm³/mol. The Kier molecular flexibility index (Phi) is 23.2. The van der Waals surface area contributed by atoms with E-state index >= 15 is 0 Å². The van der Waals surface area contributed by atoms with E-state index in [0.29, 0.717) is 12.0 Å². The monoisotopic (exact) mass is 650 g/mol. The quantitative estimate of drug-likeness (QED) is 0.184. The Labute approximate surface area is 231 Å². The summed E-state index contributed by atoms with van der Waals surface area (Å²) in [7, 11) is 0. The molecule has 1 aliphatic carbocycles. The molecule has 2 unspecified atom stereocenters. The van der Waals surface area contributed by atoms with Gasteiger partial charge < -0.3 is 38.4 Å². The van der Waals surface area contributed by atoms with E-state index in [4.69, 9.17) is 0 Å². The van der Waals surface area contributed by atoms with Gasteiger partial charge in [0.05, 0.1) is 6.04 Å². The molecule has 0 spiro atoms. The summed E-state index contributed by atoms with van der Waals surface area (Å²) in [6, 6.07) is 11.4. The summed E-state index contributed by atoms with van der Waals surface area (Å²) in [5, 5.41) is 25.5. The van der Waals surface area contributed by atoms with Crippen LogP contribution < -0.4 is 38.4 Å². The van der Waals surface area contributed by atoms with E-state index in [1.807, 2.05) is 36.4 Å². The smallest absolute Gasteiger partial charge is 1.00 e. The van der Waals surface area contributed by atoms with E-state index in [0.717, 1.165) is 22.3 Å². The van der Waals surface area contributed by atoms with Gasteiger partial charge in [-0.3, -0.25) is 4.99 Å². The zero-order valence-corrected chi connectivity index (χ0v) is 24.1. The summed E-state index contributed by atoms with van der Waals surface area (Å²) in [6.07, 6.45) is 1.34. The molecule has 0 aliphatic heterocycles. The van der Waals surface area contributed by atoms with Crippen LogP contribution >= 0.6 is 0 Å². The maximum atomic E-state index is 13.1. The second-order valence-corrected chi connectivity index (χ2v) is 9.61. The van der Waals surface area contributed by atoms with E-state index in [1.165, 1.54) is 0 Å². The number of aliphatic imine (C=N–C) groups is 1. The van der Waals surface area contributed by atoms with Crippen LogP contribution in [-0.4, -0.2) is 36.7 Å². The predicted octanol–water partition coefficient (Wildman–Crippen LogP) is -14.6. The Bertz CT molecular complexity index is 905. The molecule has 0 bridgehead atoms. The molecule has 3 rings (SSSR count). The molecule has 2 atom stereocenters. The summed E-state index contributed by atoms with van der Waals surface area (Å²) in [5.74, 6) is 0.00739. The average Bonchev–Trinajstić information content (AvgIpc) is 2.87. The van der Waals surface area contributed by atoms with Gasteiger partial charge in [0.15, 0.2) is 0 Å². The molecule has 11 heteroatoms. The van der Waals surface area contributed by atoms with Crippen LogP contribution in [0.2, 0.25) is 0 Å². The molecule has 0 fully saturated rings. The number of nitrogens with zero attached hydrogens (tertiary/aromatic N) is 1. The fraction of sp³-hybridized carbons (Fsp3) is 0.458. The maximum absolute atomic E-state index is 13.1. The topological polar surface area (TPSA) is 58.5 Å². The average molecular weight is 651 g/mol. The van der Waals surface area contributed by atoms with Crippen molar-refractivity contribution >= 4 is 30.6 Å². The number of hydrogen-bond acceptors (Lipinski definition) is 3. The minimum Gasteiger partial charge on any atom is -1.00 e. The molecule has 1 aliphatic rings. The van der Waals surface area contributed by atoms with Crippen LogP contribution in [0.3, 0.4) is 0 Å². The SMILES string of the molecule is CC(C)(C)c1cc(C=NC2c3ccccc3CC2[O-])c([O-])c(C(C)(C)C)c1.[Cr+3].[F-].[F-].[F-].[F-].[F-].[F-].[Sb+5]. The Balaban J connectivity index is -0.000000263. The Hall–Kier alpha value is -1.20. The van der Waals surface area contributed by atoms with Crippen molar-refractivity contribution in [3.05, 3.63) is 64.2 Å². The summed E-state index contributed by atoms with van der Waals surface area (Å²) < 4.78 is 0. The van der Waals surface area contributed by atoms with Gasteiger partial charge in [-0.1, -0.05) is 89.8 Å². The van der Waals surface area contributed by atoms with Gasteiger partial charge in [-0.15, -0.1) is 0 Å². The third kappa shape index (κ3) is 10.4. The largest absolute Gasteiger partial charge is 5.00 e. The molecular formula is C24H29CrF6NO2Sb. The molecule has 2 aromatic rings. The molecule has 0 saturated heterocycles. The Morgan fingerprint density at radius 1 is 0.857 bits per heavy atom. The Morgan fingerprint density at radius 3 is 1.86 bits per heavy atom. The van der Waals surface area contributed by atoms with Crippen molar-refractivity contribution < 1.29 is 55.8 Å². The van der Waals surface area contributed by atoms with E-state index in [2.05, 4.69) is 46.5 Å². The fourth-order valence-corrected chi connectivity index (χ4v) is 3.61. The standard InChI is InChI=1S/C24H30NO2.Cr.6FH.Sb/c1-23(2,3)17-11-16(22(27)19(13-17)24(4,5)6)14-25-21-18-10-8-7-9-15(18)12-20(21)26;;;;;;;;/h7-11,13-14,20-21,27H,12H2,1-6H3;;6*1H;/q-1;+3;;;;;;;+5/p-7. The van der Waals surface area contributed by atoms with Gasteiger partial charge in [0.2, 0.25) is 0 Å². The maximum Gasteiger partial charge on any atom is 5.00 e. The van der Waals surface area contributed by atoms with Crippen molar-refractivity contribution in [3.63, 3.8) is 0 Å². The van der Waals surface area contributed by atoms with E-state index in [9.17, 15) is 10.2 Å². The first kappa shape index (κ1) is 47.1.